The zero-order chi connectivity index (χ0) is 18.1. The topological polar surface area (TPSA) is 54.9 Å². The van der Waals surface area contributed by atoms with Crippen molar-refractivity contribution in [2.24, 2.45) is 4.99 Å². The standard InChI is InChI=1S/C20H27N3O2/c1-5-21-20(22-13-16-6-9-18(24-3)10-7-16)23-14-17-8-11-19(25-4)15(2)12-17/h6-12H,5,13-14H2,1-4H3,(H2,21,22,23). The van der Waals surface area contributed by atoms with Gasteiger partial charge in [0.1, 0.15) is 11.5 Å². The number of nitrogens with one attached hydrogen (secondary N) is 2. The molecule has 0 amide bonds. The molecule has 0 heterocycles. The van der Waals surface area contributed by atoms with Gasteiger partial charge in [0.05, 0.1) is 20.8 Å². The molecule has 0 bridgehead atoms. The SMILES string of the molecule is CCNC(=NCc1ccc(OC)c(C)c1)NCc1ccc(OC)cc1. The van der Waals surface area contributed by atoms with Crippen molar-refractivity contribution in [3.8, 4) is 11.5 Å². The summed E-state index contributed by atoms with van der Waals surface area (Å²) in [5.74, 6) is 2.56. The maximum atomic E-state index is 5.30. The molecule has 2 aromatic rings. The van der Waals surface area contributed by atoms with Crippen molar-refractivity contribution in [1.29, 1.82) is 0 Å². The Labute approximate surface area is 150 Å². The van der Waals surface area contributed by atoms with Crippen molar-refractivity contribution in [3.05, 3.63) is 59.2 Å². The highest BCUT2D eigenvalue weighted by Gasteiger charge is 2.02. The number of methoxy groups -OCH3 is 2. The lowest BCUT2D eigenvalue weighted by Crippen LogP contribution is -2.36. The summed E-state index contributed by atoms with van der Waals surface area (Å²) in [4.78, 5) is 4.66. The van der Waals surface area contributed by atoms with Crippen LogP contribution in [0.15, 0.2) is 47.5 Å². The molecule has 25 heavy (non-hydrogen) atoms. The lowest BCUT2D eigenvalue weighted by molar-refractivity contribution is 0.411. The van der Waals surface area contributed by atoms with Gasteiger partial charge < -0.3 is 20.1 Å². The Morgan fingerprint density at radius 1 is 0.960 bits per heavy atom. The van der Waals surface area contributed by atoms with Crippen molar-refractivity contribution in [1.82, 2.24) is 10.6 Å². The van der Waals surface area contributed by atoms with Crippen molar-refractivity contribution >= 4 is 5.96 Å². The minimum absolute atomic E-state index is 0.614. The lowest BCUT2D eigenvalue weighted by Gasteiger charge is -2.12. The molecule has 0 radical (unpaired) electrons. The predicted molar refractivity (Wildman–Crippen MR) is 102 cm³/mol. The van der Waals surface area contributed by atoms with Crippen LogP contribution in [-0.4, -0.2) is 26.7 Å². The highest BCUT2D eigenvalue weighted by Crippen LogP contribution is 2.18. The first kappa shape index (κ1) is 18.6. The average Bonchev–Trinajstić information content (AvgIpc) is 2.64. The van der Waals surface area contributed by atoms with E-state index in [1.165, 1.54) is 5.56 Å². The van der Waals surface area contributed by atoms with Crippen molar-refractivity contribution in [2.75, 3.05) is 20.8 Å². The summed E-state index contributed by atoms with van der Waals surface area (Å²) in [6.07, 6.45) is 0. The number of rotatable bonds is 7. The van der Waals surface area contributed by atoms with Gasteiger partial charge in [-0.25, -0.2) is 4.99 Å². The van der Waals surface area contributed by atoms with E-state index in [4.69, 9.17) is 9.47 Å². The van der Waals surface area contributed by atoms with Gasteiger partial charge in [0, 0.05) is 13.1 Å². The minimum atomic E-state index is 0.614. The van der Waals surface area contributed by atoms with Crippen LogP contribution in [0.2, 0.25) is 0 Å². The molecule has 5 heteroatoms. The molecule has 2 aromatic carbocycles. The molecule has 0 aromatic heterocycles. The second-order valence-electron chi connectivity index (χ2n) is 5.70. The Hall–Kier alpha value is -2.69. The quantitative estimate of drug-likeness (QED) is 0.599. The van der Waals surface area contributed by atoms with Crippen molar-refractivity contribution in [2.45, 2.75) is 26.9 Å². The maximum Gasteiger partial charge on any atom is 0.191 e. The van der Waals surface area contributed by atoms with Gasteiger partial charge in [0.15, 0.2) is 5.96 Å². The van der Waals surface area contributed by atoms with E-state index in [9.17, 15) is 0 Å². The van der Waals surface area contributed by atoms with Crippen LogP contribution in [0.4, 0.5) is 0 Å². The molecule has 0 saturated heterocycles. The first-order valence-electron chi connectivity index (χ1n) is 8.45. The highest BCUT2D eigenvalue weighted by molar-refractivity contribution is 5.79. The second kappa shape index (κ2) is 9.57. The van der Waals surface area contributed by atoms with Crippen molar-refractivity contribution < 1.29 is 9.47 Å². The molecule has 134 valence electrons. The molecule has 5 nitrogen and oxygen atoms in total. The van der Waals surface area contributed by atoms with Gasteiger partial charge >= 0.3 is 0 Å². The van der Waals surface area contributed by atoms with Gasteiger partial charge in [0.2, 0.25) is 0 Å². The van der Waals surface area contributed by atoms with Gasteiger partial charge in [0.25, 0.3) is 0 Å². The van der Waals surface area contributed by atoms with Crippen LogP contribution in [0, 0.1) is 6.92 Å². The molecule has 0 unspecified atom stereocenters. The fourth-order valence-corrected chi connectivity index (χ4v) is 2.48. The molecule has 2 rings (SSSR count). The van der Waals surface area contributed by atoms with Crippen LogP contribution in [0.3, 0.4) is 0 Å². The predicted octanol–water partition coefficient (Wildman–Crippen LogP) is 3.27. The lowest BCUT2D eigenvalue weighted by atomic mass is 10.1. The van der Waals surface area contributed by atoms with Gasteiger partial charge in [-0.05, 0) is 48.7 Å². The normalized spacial score (nSPS) is 11.1. The molecule has 0 spiro atoms. The van der Waals surface area contributed by atoms with E-state index >= 15 is 0 Å². The van der Waals surface area contributed by atoms with Gasteiger partial charge in [-0.2, -0.15) is 0 Å². The van der Waals surface area contributed by atoms with Crippen LogP contribution in [0.1, 0.15) is 23.6 Å². The summed E-state index contributed by atoms with van der Waals surface area (Å²) in [5, 5.41) is 6.63. The number of aliphatic imine (C=N–C) groups is 1. The van der Waals surface area contributed by atoms with Gasteiger partial charge in [-0.1, -0.05) is 24.3 Å². The van der Waals surface area contributed by atoms with Gasteiger partial charge in [-0.15, -0.1) is 0 Å². The molecule has 0 atom stereocenters. The monoisotopic (exact) mass is 341 g/mol. The van der Waals surface area contributed by atoms with Crippen LogP contribution in [0.5, 0.6) is 11.5 Å². The van der Waals surface area contributed by atoms with Crippen LogP contribution in [0.25, 0.3) is 0 Å². The minimum Gasteiger partial charge on any atom is -0.497 e. The first-order chi connectivity index (χ1) is 12.2. The third-order valence-electron chi connectivity index (χ3n) is 3.84. The third kappa shape index (κ3) is 5.71. The molecule has 0 saturated carbocycles. The number of hydrogen-bond donors (Lipinski definition) is 2. The van der Waals surface area contributed by atoms with Crippen molar-refractivity contribution in [3.63, 3.8) is 0 Å². The Morgan fingerprint density at radius 3 is 2.28 bits per heavy atom. The fourth-order valence-electron chi connectivity index (χ4n) is 2.48. The first-order valence-corrected chi connectivity index (χ1v) is 8.45. The summed E-state index contributed by atoms with van der Waals surface area (Å²) in [6.45, 7) is 6.23. The fraction of sp³-hybridized carbons (Fsp3) is 0.350. The van der Waals surface area contributed by atoms with E-state index in [1.54, 1.807) is 14.2 Å². The average molecular weight is 341 g/mol. The van der Waals surface area contributed by atoms with Crippen LogP contribution >= 0.6 is 0 Å². The molecule has 2 N–H and O–H groups in total. The molecule has 0 aliphatic carbocycles. The maximum absolute atomic E-state index is 5.30. The smallest absolute Gasteiger partial charge is 0.191 e. The Kier molecular flexibility index (Phi) is 7.14. The third-order valence-corrected chi connectivity index (χ3v) is 3.84. The number of hydrogen-bond acceptors (Lipinski definition) is 3. The zero-order valence-corrected chi connectivity index (χ0v) is 15.4. The summed E-state index contributed by atoms with van der Waals surface area (Å²) < 4.78 is 10.5. The number of ether oxygens (including phenoxy) is 2. The summed E-state index contributed by atoms with van der Waals surface area (Å²) in [7, 11) is 3.36. The van der Waals surface area contributed by atoms with E-state index in [0.29, 0.717) is 13.1 Å². The number of nitrogens with zero attached hydrogens (tertiary/aromatic N) is 1. The van der Waals surface area contributed by atoms with E-state index in [0.717, 1.165) is 35.1 Å². The van der Waals surface area contributed by atoms with Crippen LogP contribution < -0.4 is 20.1 Å². The molecule has 0 fully saturated rings. The highest BCUT2D eigenvalue weighted by atomic mass is 16.5. The summed E-state index contributed by atoms with van der Waals surface area (Å²) in [5.41, 5.74) is 3.44. The number of aryl methyl sites for hydroxylation is 1. The van der Waals surface area contributed by atoms with E-state index in [-0.39, 0.29) is 0 Å². The molecular weight excluding hydrogens is 314 g/mol. The zero-order valence-electron chi connectivity index (χ0n) is 15.4. The van der Waals surface area contributed by atoms with E-state index in [2.05, 4.69) is 28.6 Å². The Bertz CT molecular complexity index is 697. The van der Waals surface area contributed by atoms with E-state index < -0.39 is 0 Å². The Morgan fingerprint density at radius 2 is 1.68 bits per heavy atom. The molecule has 0 aliphatic heterocycles. The molecule has 0 aliphatic rings. The number of guanidine groups is 1. The van der Waals surface area contributed by atoms with Gasteiger partial charge in [-0.3, -0.25) is 0 Å². The summed E-state index contributed by atoms with van der Waals surface area (Å²) in [6, 6.07) is 14.1. The van der Waals surface area contributed by atoms with E-state index in [1.807, 2.05) is 43.3 Å². The summed E-state index contributed by atoms with van der Waals surface area (Å²) >= 11 is 0. The second-order valence-corrected chi connectivity index (χ2v) is 5.70. The largest absolute Gasteiger partial charge is 0.497 e. The molecular formula is C20H27N3O2. The van der Waals surface area contributed by atoms with Crippen LogP contribution in [-0.2, 0) is 13.1 Å². The number of benzene rings is 2. The Balaban J connectivity index is 1.98.